The zero-order valence-corrected chi connectivity index (χ0v) is 26.4. The number of rotatable bonds is 13. The lowest BCUT2D eigenvalue weighted by molar-refractivity contribution is 0.00264. The molecular formula is C33H39N5O6. The summed E-state index contributed by atoms with van der Waals surface area (Å²) in [6, 6.07) is 14.5. The number of nitrogens with zero attached hydrogens (tertiary/aromatic N) is 5. The van der Waals surface area contributed by atoms with Gasteiger partial charge in [-0.25, -0.2) is 9.97 Å². The van der Waals surface area contributed by atoms with E-state index in [1.54, 1.807) is 49.7 Å². The van der Waals surface area contributed by atoms with Crippen molar-refractivity contribution >= 4 is 10.9 Å². The van der Waals surface area contributed by atoms with E-state index in [0.29, 0.717) is 57.2 Å². The minimum atomic E-state index is -1.65. The Hall–Kier alpha value is -4.66. The van der Waals surface area contributed by atoms with E-state index in [9.17, 15) is 10.4 Å². The maximum Gasteiger partial charge on any atom is 0.217 e. The summed E-state index contributed by atoms with van der Waals surface area (Å²) in [5, 5.41) is 23.5. The Morgan fingerprint density at radius 3 is 2.16 bits per heavy atom. The molecule has 4 rings (SSSR count). The van der Waals surface area contributed by atoms with Crippen LogP contribution in [0.3, 0.4) is 0 Å². The van der Waals surface area contributed by atoms with E-state index in [1.807, 2.05) is 38.9 Å². The lowest BCUT2D eigenvalue weighted by atomic mass is 9.71. The first kappa shape index (κ1) is 32.3. The van der Waals surface area contributed by atoms with Crippen LogP contribution in [0.15, 0.2) is 48.7 Å². The molecule has 1 N–H and O–H groups in total. The molecule has 232 valence electrons. The van der Waals surface area contributed by atoms with Crippen LogP contribution in [0.5, 0.6) is 29.3 Å². The van der Waals surface area contributed by atoms with Gasteiger partial charge in [-0.15, -0.1) is 0 Å². The second-order valence-corrected chi connectivity index (χ2v) is 10.9. The molecule has 0 radical (unpaired) electrons. The van der Waals surface area contributed by atoms with Crippen LogP contribution in [0.2, 0.25) is 0 Å². The lowest BCUT2D eigenvalue weighted by Gasteiger charge is -2.39. The number of aliphatic hydroxyl groups is 1. The van der Waals surface area contributed by atoms with Crippen molar-refractivity contribution in [3.8, 4) is 35.3 Å². The molecule has 0 aliphatic rings. The maximum absolute atomic E-state index is 13.2. The van der Waals surface area contributed by atoms with Crippen LogP contribution in [-0.2, 0) is 5.60 Å². The smallest absolute Gasteiger partial charge is 0.217 e. The predicted octanol–water partition coefficient (Wildman–Crippen LogP) is 4.69. The third kappa shape index (κ3) is 6.77. The number of ether oxygens (including phenoxy) is 5. The topological polar surface area (TPSA) is 132 Å². The third-order valence-corrected chi connectivity index (χ3v) is 7.32. The van der Waals surface area contributed by atoms with Crippen molar-refractivity contribution in [2.45, 2.75) is 37.9 Å². The van der Waals surface area contributed by atoms with Crippen molar-refractivity contribution in [2.24, 2.45) is 0 Å². The molecule has 0 amide bonds. The minimum absolute atomic E-state index is 0.148. The molecule has 1 aromatic carbocycles. The van der Waals surface area contributed by atoms with Gasteiger partial charge in [0.2, 0.25) is 23.5 Å². The normalized spacial score (nSPS) is 13.3. The fourth-order valence-electron chi connectivity index (χ4n) is 5.23. The Kier molecular flexibility index (Phi) is 10.1. The molecule has 44 heavy (non-hydrogen) atoms. The van der Waals surface area contributed by atoms with E-state index < -0.39 is 11.5 Å². The monoisotopic (exact) mass is 601 g/mol. The highest BCUT2D eigenvalue weighted by Gasteiger charge is 2.45. The average Bonchev–Trinajstić information content (AvgIpc) is 3.02. The lowest BCUT2D eigenvalue weighted by Crippen LogP contribution is -2.38. The molecule has 0 spiro atoms. The molecule has 2 atom stereocenters. The molecule has 4 aromatic rings. The summed E-state index contributed by atoms with van der Waals surface area (Å²) in [4.78, 5) is 15.6. The zero-order valence-electron chi connectivity index (χ0n) is 26.4. The summed E-state index contributed by atoms with van der Waals surface area (Å²) in [5.41, 5.74) is 1.11. The first-order valence-electron chi connectivity index (χ1n) is 14.1. The van der Waals surface area contributed by atoms with Crippen LogP contribution >= 0.6 is 0 Å². The summed E-state index contributed by atoms with van der Waals surface area (Å²) in [6.45, 7) is 4.33. The summed E-state index contributed by atoms with van der Waals surface area (Å²) in [7, 11) is 9.97. The second-order valence-electron chi connectivity index (χ2n) is 10.9. The summed E-state index contributed by atoms with van der Waals surface area (Å²) < 4.78 is 28.7. The molecule has 0 saturated heterocycles. The Bertz CT molecular complexity index is 1630. The number of benzene rings is 1. The van der Waals surface area contributed by atoms with E-state index in [-0.39, 0.29) is 24.3 Å². The molecule has 0 aliphatic heterocycles. The number of methoxy groups -OCH3 is 4. The van der Waals surface area contributed by atoms with Crippen molar-refractivity contribution < 1.29 is 28.8 Å². The van der Waals surface area contributed by atoms with Crippen LogP contribution in [0, 0.1) is 11.3 Å². The van der Waals surface area contributed by atoms with E-state index in [4.69, 9.17) is 28.7 Å². The maximum atomic E-state index is 13.2. The van der Waals surface area contributed by atoms with Crippen molar-refractivity contribution in [3.63, 3.8) is 0 Å². The van der Waals surface area contributed by atoms with Gasteiger partial charge in [-0.1, -0.05) is 0 Å². The van der Waals surface area contributed by atoms with E-state index in [2.05, 4.69) is 16.0 Å². The van der Waals surface area contributed by atoms with E-state index >= 15 is 0 Å². The summed E-state index contributed by atoms with van der Waals surface area (Å²) >= 11 is 0. The SMILES string of the molecule is COc1cc([C@](O)(CCN(C)C)[C@H](c2cc(OC(C)C)ncc2OC)c2cc3cc(C#N)ccc3nc2OC)cc(OC)n1. The molecule has 11 heteroatoms. The van der Waals surface area contributed by atoms with Gasteiger partial charge in [0.05, 0.1) is 63.8 Å². The van der Waals surface area contributed by atoms with Crippen LogP contribution in [0.1, 0.15) is 48.4 Å². The molecule has 11 nitrogen and oxygen atoms in total. The summed E-state index contributed by atoms with van der Waals surface area (Å²) in [5.74, 6) is 0.775. The van der Waals surface area contributed by atoms with Crippen LogP contribution in [0.4, 0.5) is 0 Å². The van der Waals surface area contributed by atoms with Gasteiger partial charge in [-0.3, -0.25) is 0 Å². The highest BCUT2D eigenvalue weighted by atomic mass is 16.5. The number of nitriles is 1. The molecule has 3 aromatic heterocycles. The number of aromatic nitrogens is 3. The Morgan fingerprint density at radius 2 is 1.59 bits per heavy atom. The average molecular weight is 602 g/mol. The standard InChI is InChI=1S/C33H39N5O6/c1-20(2)44-28-17-24(27(40-5)19-35-28)31(25-14-22-13-21(18-34)9-10-26(22)36-32(25)43-8)33(39,11-12-38(3)4)23-15-29(41-6)37-30(16-23)42-7/h9-10,13-17,19-20,31,39H,11-12H2,1-8H3/t31-,33-/m1/s1. The number of fused-ring (bicyclic) bond motifs is 1. The van der Waals surface area contributed by atoms with Crippen molar-refractivity contribution in [1.82, 2.24) is 19.9 Å². The van der Waals surface area contributed by atoms with Crippen LogP contribution in [-0.4, -0.2) is 80.1 Å². The Labute approximate surface area is 258 Å². The highest BCUT2D eigenvalue weighted by Crippen LogP contribution is 2.51. The van der Waals surface area contributed by atoms with Crippen LogP contribution < -0.4 is 23.7 Å². The Balaban J connectivity index is 2.16. The largest absolute Gasteiger partial charge is 0.495 e. The van der Waals surface area contributed by atoms with Gasteiger partial charge in [0.15, 0.2) is 0 Å². The van der Waals surface area contributed by atoms with Crippen molar-refractivity contribution in [1.29, 1.82) is 5.26 Å². The summed E-state index contributed by atoms with van der Waals surface area (Å²) in [6.07, 6.45) is 1.69. The van der Waals surface area contributed by atoms with Gasteiger partial charge in [-0.05, 0) is 64.2 Å². The molecule has 0 fully saturated rings. The van der Waals surface area contributed by atoms with E-state index in [0.717, 1.165) is 0 Å². The quantitative estimate of drug-likeness (QED) is 0.229. The first-order valence-corrected chi connectivity index (χ1v) is 14.1. The van der Waals surface area contributed by atoms with Gasteiger partial charge in [0.25, 0.3) is 0 Å². The zero-order chi connectivity index (χ0) is 32.0. The second kappa shape index (κ2) is 13.8. The molecule has 0 unspecified atom stereocenters. The van der Waals surface area contributed by atoms with Gasteiger partial charge in [-0.2, -0.15) is 10.2 Å². The molecular weight excluding hydrogens is 562 g/mol. The predicted molar refractivity (Wildman–Crippen MR) is 166 cm³/mol. The molecule has 0 saturated carbocycles. The number of hydrogen-bond donors (Lipinski definition) is 1. The number of pyridine rings is 3. The van der Waals surface area contributed by atoms with Crippen molar-refractivity contribution in [2.75, 3.05) is 49.1 Å². The van der Waals surface area contributed by atoms with Gasteiger partial charge >= 0.3 is 0 Å². The third-order valence-electron chi connectivity index (χ3n) is 7.32. The van der Waals surface area contributed by atoms with Gasteiger partial charge in [0.1, 0.15) is 11.4 Å². The molecule has 3 heterocycles. The number of hydrogen-bond acceptors (Lipinski definition) is 11. The van der Waals surface area contributed by atoms with Crippen molar-refractivity contribution in [3.05, 3.63) is 70.9 Å². The highest BCUT2D eigenvalue weighted by molar-refractivity contribution is 5.82. The Morgan fingerprint density at radius 1 is 0.886 bits per heavy atom. The molecule has 0 aliphatic carbocycles. The van der Waals surface area contributed by atoms with Crippen LogP contribution in [0.25, 0.3) is 10.9 Å². The van der Waals surface area contributed by atoms with Gasteiger partial charge < -0.3 is 33.7 Å². The molecule has 0 bridgehead atoms. The van der Waals surface area contributed by atoms with E-state index in [1.165, 1.54) is 21.3 Å². The first-order chi connectivity index (χ1) is 21.1. The fourth-order valence-corrected chi connectivity index (χ4v) is 5.23. The minimum Gasteiger partial charge on any atom is -0.495 e. The van der Waals surface area contributed by atoms with Gasteiger partial charge in [0, 0.05) is 41.3 Å². The fraction of sp³-hybridized carbons (Fsp3) is 0.394.